The standard InChI is InChI=1S/C17H23N3O3.C2HF3O2/c1-13(21)20-10-6-15-17(12-20,7-11-23-15)16(22)19-9-5-14-4-2-3-8-18-14;3-2(4,5)1(6)7/h2-4,8,15H,5-7,9-12H2,1H3,(H,19,22);(H,6,7)/t15-,17-;/m1./s1. The van der Waals surface area contributed by atoms with Gasteiger partial charge in [-0.15, -0.1) is 0 Å². The molecule has 0 spiro atoms. The Morgan fingerprint density at radius 1 is 1.37 bits per heavy atom. The Labute approximate surface area is 171 Å². The van der Waals surface area contributed by atoms with Crippen LogP contribution in [0.4, 0.5) is 13.2 Å². The summed E-state index contributed by atoms with van der Waals surface area (Å²) in [7, 11) is 0. The molecule has 166 valence electrons. The molecule has 2 aliphatic rings. The van der Waals surface area contributed by atoms with Crippen molar-refractivity contribution in [2.75, 3.05) is 26.2 Å². The molecule has 2 aliphatic heterocycles. The van der Waals surface area contributed by atoms with E-state index in [1.54, 1.807) is 18.0 Å². The summed E-state index contributed by atoms with van der Waals surface area (Å²) < 4.78 is 37.5. The second kappa shape index (κ2) is 9.88. The Hall–Kier alpha value is -2.69. The first-order valence-corrected chi connectivity index (χ1v) is 9.41. The molecule has 0 bridgehead atoms. The van der Waals surface area contributed by atoms with Gasteiger partial charge in [0.2, 0.25) is 11.8 Å². The molecule has 8 nitrogen and oxygen atoms in total. The predicted molar refractivity (Wildman–Crippen MR) is 98.3 cm³/mol. The van der Waals surface area contributed by atoms with E-state index < -0.39 is 17.6 Å². The molecule has 2 N–H and O–H groups in total. The summed E-state index contributed by atoms with van der Waals surface area (Å²) >= 11 is 0. The third kappa shape index (κ3) is 5.91. The number of nitrogens with zero attached hydrogens (tertiary/aromatic N) is 2. The van der Waals surface area contributed by atoms with Crippen molar-refractivity contribution >= 4 is 17.8 Å². The monoisotopic (exact) mass is 431 g/mol. The molecule has 2 saturated heterocycles. The van der Waals surface area contributed by atoms with Gasteiger partial charge in [0.25, 0.3) is 0 Å². The molecule has 1 aromatic heterocycles. The van der Waals surface area contributed by atoms with E-state index in [0.29, 0.717) is 39.1 Å². The van der Waals surface area contributed by atoms with Gasteiger partial charge in [0, 0.05) is 51.5 Å². The number of piperidine rings is 1. The molecule has 0 aliphatic carbocycles. The van der Waals surface area contributed by atoms with Crippen LogP contribution in [0.25, 0.3) is 0 Å². The quantitative estimate of drug-likeness (QED) is 0.746. The van der Waals surface area contributed by atoms with Crippen LogP contribution in [0.3, 0.4) is 0 Å². The Morgan fingerprint density at radius 2 is 2.07 bits per heavy atom. The van der Waals surface area contributed by atoms with Crippen LogP contribution in [0.1, 0.15) is 25.5 Å². The maximum atomic E-state index is 12.8. The van der Waals surface area contributed by atoms with Gasteiger partial charge in [0.1, 0.15) is 0 Å². The topological polar surface area (TPSA) is 109 Å². The zero-order chi connectivity index (χ0) is 22.4. The second-order valence-corrected chi connectivity index (χ2v) is 7.12. The number of amides is 2. The number of ether oxygens (including phenoxy) is 1. The predicted octanol–water partition coefficient (Wildman–Crippen LogP) is 1.40. The second-order valence-electron chi connectivity index (χ2n) is 7.12. The van der Waals surface area contributed by atoms with E-state index in [2.05, 4.69) is 10.3 Å². The molecule has 2 atom stereocenters. The summed E-state index contributed by atoms with van der Waals surface area (Å²) in [4.78, 5) is 39.4. The lowest BCUT2D eigenvalue weighted by Crippen LogP contribution is -2.58. The fourth-order valence-electron chi connectivity index (χ4n) is 3.56. The highest BCUT2D eigenvalue weighted by molar-refractivity contribution is 5.85. The third-order valence-electron chi connectivity index (χ3n) is 5.15. The van der Waals surface area contributed by atoms with Crippen LogP contribution >= 0.6 is 0 Å². The minimum absolute atomic E-state index is 0.00174. The number of aliphatic carboxylic acids is 1. The largest absolute Gasteiger partial charge is 0.490 e. The highest BCUT2D eigenvalue weighted by Gasteiger charge is 2.53. The van der Waals surface area contributed by atoms with Gasteiger partial charge in [0.15, 0.2) is 0 Å². The minimum atomic E-state index is -5.08. The lowest BCUT2D eigenvalue weighted by Gasteiger charge is -2.42. The van der Waals surface area contributed by atoms with Crippen molar-refractivity contribution < 1.29 is 37.4 Å². The van der Waals surface area contributed by atoms with Gasteiger partial charge in [-0.2, -0.15) is 13.2 Å². The van der Waals surface area contributed by atoms with E-state index in [1.165, 1.54) is 0 Å². The molecule has 2 amide bonds. The number of hydrogen-bond acceptors (Lipinski definition) is 5. The van der Waals surface area contributed by atoms with E-state index >= 15 is 0 Å². The average molecular weight is 431 g/mol. The number of carbonyl (C=O) groups is 3. The summed E-state index contributed by atoms with van der Waals surface area (Å²) in [5.41, 5.74) is 0.368. The van der Waals surface area contributed by atoms with Crippen LogP contribution in [0, 0.1) is 5.41 Å². The summed E-state index contributed by atoms with van der Waals surface area (Å²) in [6, 6.07) is 5.76. The lowest BCUT2D eigenvalue weighted by molar-refractivity contribution is -0.192. The third-order valence-corrected chi connectivity index (χ3v) is 5.15. The summed E-state index contributed by atoms with van der Waals surface area (Å²) in [6.07, 6.45) is -1.30. The number of carbonyl (C=O) groups excluding carboxylic acids is 2. The van der Waals surface area contributed by atoms with Gasteiger partial charge >= 0.3 is 12.1 Å². The van der Waals surface area contributed by atoms with E-state index in [9.17, 15) is 22.8 Å². The Kier molecular flexibility index (Phi) is 7.77. The van der Waals surface area contributed by atoms with Crippen molar-refractivity contribution in [3.63, 3.8) is 0 Å². The fourth-order valence-corrected chi connectivity index (χ4v) is 3.56. The van der Waals surface area contributed by atoms with Crippen molar-refractivity contribution in [2.45, 2.75) is 38.5 Å². The maximum absolute atomic E-state index is 12.8. The van der Waals surface area contributed by atoms with Gasteiger partial charge in [-0.1, -0.05) is 6.07 Å². The molecular formula is C19H24F3N3O5. The highest BCUT2D eigenvalue weighted by atomic mass is 19.4. The van der Waals surface area contributed by atoms with Gasteiger partial charge in [-0.05, 0) is 25.0 Å². The van der Waals surface area contributed by atoms with Crippen LogP contribution in [0.5, 0.6) is 0 Å². The highest BCUT2D eigenvalue weighted by Crippen LogP contribution is 2.41. The molecule has 11 heteroatoms. The van der Waals surface area contributed by atoms with E-state index in [-0.39, 0.29) is 17.9 Å². The number of aromatic nitrogens is 1. The number of rotatable bonds is 4. The van der Waals surface area contributed by atoms with Crippen molar-refractivity contribution in [3.8, 4) is 0 Å². The average Bonchev–Trinajstić information content (AvgIpc) is 3.13. The van der Waals surface area contributed by atoms with Gasteiger partial charge in [-0.25, -0.2) is 4.79 Å². The fraction of sp³-hybridized carbons (Fsp3) is 0.579. The molecule has 1 aromatic rings. The van der Waals surface area contributed by atoms with Crippen LogP contribution in [0.2, 0.25) is 0 Å². The SMILES string of the molecule is CC(=O)N1CC[C@H]2OCC[C@@]2(C(=O)NCCc2ccccn2)C1.O=C(O)C(F)(F)F. The zero-order valence-electron chi connectivity index (χ0n) is 16.4. The molecule has 0 aromatic carbocycles. The number of fused-ring (bicyclic) bond motifs is 1. The van der Waals surface area contributed by atoms with Crippen molar-refractivity contribution in [3.05, 3.63) is 30.1 Å². The number of likely N-dealkylation sites (tertiary alicyclic amines) is 1. The molecule has 0 radical (unpaired) electrons. The van der Waals surface area contributed by atoms with Gasteiger partial charge < -0.3 is 20.1 Å². The van der Waals surface area contributed by atoms with Crippen LogP contribution in [-0.4, -0.2) is 71.3 Å². The molecule has 3 rings (SSSR count). The van der Waals surface area contributed by atoms with Crippen LogP contribution in [0.15, 0.2) is 24.4 Å². The van der Waals surface area contributed by atoms with Crippen LogP contribution in [-0.2, 0) is 25.5 Å². The number of carboxylic acid groups (broad SMARTS) is 1. The molecule has 0 saturated carbocycles. The molecular weight excluding hydrogens is 407 g/mol. The molecule has 0 unspecified atom stereocenters. The van der Waals surface area contributed by atoms with Crippen molar-refractivity contribution in [1.29, 1.82) is 0 Å². The number of pyridine rings is 1. The van der Waals surface area contributed by atoms with Crippen molar-refractivity contribution in [1.82, 2.24) is 15.2 Å². The normalized spacial score (nSPS) is 23.1. The first-order valence-electron chi connectivity index (χ1n) is 9.41. The van der Waals surface area contributed by atoms with Crippen molar-refractivity contribution in [2.24, 2.45) is 5.41 Å². The smallest absolute Gasteiger partial charge is 0.475 e. The molecule has 3 heterocycles. The maximum Gasteiger partial charge on any atom is 0.490 e. The Morgan fingerprint density at radius 3 is 2.63 bits per heavy atom. The van der Waals surface area contributed by atoms with E-state index in [4.69, 9.17) is 14.6 Å². The van der Waals surface area contributed by atoms with E-state index in [1.807, 2.05) is 18.2 Å². The first kappa shape index (κ1) is 23.6. The Balaban J connectivity index is 0.000000396. The number of carboxylic acids is 1. The summed E-state index contributed by atoms with van der Waals surface area (Å²) in [6.45, 7) is 3.82. The molecule has 2 fully saturated rings. The zero-order valence-corrected chi connectivity index (χ0v) is 16.4. The van der Waals surface area contributed by atoms with Gasteiger partial charge in [-0.3, -0.25) is 14.6 Å². The minimum Gasteiger partial charge on any atom is -0.475 e. The number of halogens is 3. The number of hydrogen-bond donors (Lipinski definition) is 2. The first-order chi connectivity index (χ1) is 14.1. The molecule has 30 heavy (non-hydrogen) atoms. The van der Waals surface area contributed by atoms with Crippen LogP contribution < -0.4 is 5.32 Å². The number of nitrogens with one attached hydrogen (secondary N) is 1. The number of alkyl halides is 3. The summed E-state index contributed by atoms with van der Waals surface area (Å²) in [5, 5.41) is 10.2. The summed E-state index contributed by atoms with van der Waals surface area (Å²) in [5.74, 6) is -2.73. The van der Waals surface area contributed by atoms with Gasteiger partial charge in [0.05, 0.1) is 11.5 Å². The van der Waals surface area contributed by atoms with E-state index in [0.717, 1.165) is 12.1 Å². The Bertz CT molecular complexity index is 760. The lowest BCUT2D eigenvalue weighted by atomic mass is 9.75.